The quantitative estimate of drug-likeness (QED) is 0.642. The van der Waals surface area contributed by atoms with Crippen molar-refractivity contribution in [2.75, 3.05) is 12.9 Å². The first kappa shape index (κ1) is 14.4. The van der Waals surface area contributed by atoms with Crippen LogP contribution in [-0.4, -0.2) is 30.4 Å². The molecule has 0 radical (unpaired) electrons. The molecule has 19 heavy (non-hydrogen) atoms. The monoisotopic (exact) mass is 279 g/mol. The van der Waals surface area contributed by atoms with Gasteiger partial charge < -0.3 is 4.74 Å². The maximum Gasteiger partial charge on any atom is 0.326 e. The van der Waals surface area contributed by atoms with Gasteiger partial charge in [0.2, 0.25) is 0 Å². The number of hydrogen-bond donors (Lipinski definition) is 1. The first-order valence-corrected chi connectivity index (χ1v) is 7.57. The number of ether oxygens (including phenoxy) is 1. The van der Waals surface area contributed by atoms with E-state index in [1.165, 1.54) is 17.6 Å². The molecule has 104 valence electrons. The smallest absolute Gasteiger partial charge is 0.326 e. The molecule has 0 saturated heterocycles. The summed E-state index contributed by atoms with van der Waals surface area (Å²) in [4.78, 5) is 13.2. The third kappa shape index (κ3) is 3.98. The lowest BCUT2D eigenvalue weighted by molar-refractivity contribution is -0.146. The third-order valence-corrected chi connectivity index (χ3v) is 4.61. The Kier molecular flexibility index (Phi) is 4.53. The van der Waals surface area contributed by atoms with Crippen LogP contribution in [0.5, 0.6) is 0 Å². The van der Waals surface area contributed by atoms with Crippen LogP contribution in [0.1, 0.15) is 25.3 Å². The molecule has 0 heterocycles. The van der Waals surface area contributed by atoms with E-state index in [0.717, 1.165) is 12.8 Å². The van der Waals surface area contributed by atoms with Gasteiger partial charge in [0.05, 0.1) is 7.11 Å². The van der Waals surface area contributed by atoms with Crippen molar-refractivity contribution >= 4 is 17.7 Å². The fraction of sp³-hybridized carbons (Fsp3) is 0.533. The normalized spacial score (nSPS) is 17.8. The van der Waals surface area contributed by atoms with Crippen LogP contribution in [0.2, 0.25) is 0 Å². The number of methoxy groups -OCH3 is 1. The van der Waals surface area contributed by atoms with Crippen LogP contribution in [-0.2, 0) is 9.53 Å². The molecule has 1 aromatic rings. The molecule has 3 nitrogen and oxygen atoms in total. The topological polar surface area (TPSA) is 38.3 Å². The second kappa shape index (κ2) is 5.97. The molecule has 0 aromatic heterocycles. The second-order valence-corrected chi connectivity index (χ2v) is 6.39. The Balaban J connectivity index is 1.99. The fourth-order valence-electron chi connectivity index (χ4n) is 1.93. The number of nitrogens with one attached hydrogen (secondary N) is 1. The fourth-order valence-corrected chi connectivity index (χ4v) is 2.91. The third-order valence-electron chi connectivity index (χ3n) is 3.28. The van der Waals surface area contributed by atoms with E-state index < -0.39 is 5.54 Å². The molecule has 1 saturated carbocycles. The molecule has 0 spiro atoms. The van der Waals surface area contributed by atoms with Gasteiger partial charge in [-0.05, 0) is 38.8 Å². The summed E-state index contributed by atoms with van der Waals surface area (Å²) in [5.41, 5.74) is 0.641. The minimum absolute atomic E-state index is 0.181. The van der Waals surface area contributed by atoms with Crippen molar-refractivity contribution < 1.29 is 9.53 Å². The molecule has 1 aliphatic carbocycles. The van der Waals surface area contributed by atoms with Crippen molar-refractivity contribution in [2.24, 2.45) is 0 Å². The highest BCUT2D eigenvalue weighted by molar-refractivity contribution is 7.99. The van der Waals surface area contributed by atoms with E-state index in [9.17, 15) is 4.79 Å². The summed E-state index contributed by atoms with van der Waals surface area (Å²) in [6.45, 7) is 4.00. The minimum Gasteiger partial charge on any atom is -0.468 e. The summed E-state index contributed by atoms with van der Waals surface area (Å²) >= 11 is 1.69. The standard InChI is InChI=1S/C15H21NO2S/c1-11-4-8-13(9-5-11)19-10-15(2,14(17)18-3)16-12-6-7-12/h4-5,8-9,12,16H,6-7,10H2,1-3H3. The number of benzene rings is 1. The molecule has 1 atom stereocenters. The summed E-state index contributed by atoms with van der Waals surface area (Å²) in [6.07, 6.45) is 2.31. The second-order valence-electron chi connectivity index (χ2n) is 5.34. The molecular formula is C15H21NO2S. The van der Waals surface area contributed by atoms with E-state index >= 15 is 0 Å². The summed E-state index contributed by atoms with van der Waals surface area (Å²) in [5.74, 6) is 0.498. The highest BCUT2D eigenvalue weighted by atomic mass is 32.2. The number of thioether (sulfide) groups is 1. The van der Waals surface area contributed by atoms with Crippen LogP contribution in [0.25, 0.3) is 0 Å². The number of carbonyl (C=O) groups is 1. The van der Waals surface area contributed by atoms with Crippen molar-refractivity contribution in [3.8, 4) is 0 Å². The Morgan fingerprint density at radius 2 is 2.05 bits per heavy atom. The molecule has 4 heteroatoms. The van der Waals surface area contributed by atoms with Gasteiger partial charge in [0, 0.05) is 16.7 Å². The average Bonchev–Trinajstić information content (AvgIpc) is 3.21. The highest BCUT2D eigenvalue weighted by Crippen LogP contribution is 2.28. The predicted octanol–water partition coefficient (Wildman–Crippen LogP) is 2.77. The summed E-state index contributed by atoms with van der Waals surface area (Å²) in [5, 5.41) is 3.40. The SMILES string of the molecule is COC(=O)C(C)(CSc1ccc(C)cc1)NC1CC1. The minimum atomic E-state index is -0.606. The zero-order valence-electron chi connectivity index (χ0n) is 11.7. The molecule has 1 aliphatic rings. The van der Waals surface area contributed by atoms with E-state index in [1.807, 2.05) is 6.92 Å². The van der Waals surface area contributed by atoms with Crippen LogP contribution in [0.15, 0.2) is 29.2 Å². The molecule has 0 amide bonds. The van der Waals surface area contributed by atoms with Gasteiger partial charge >= 0.3 is 5.97 Å². The van der Waals surface area contributed by atoms with Crippen LogP contribution in [0.4, 0.5) is 0 Å². The average molecular weight is 279 g/mol. The van der Waals surface area contributed by atoms with E-state index in [2.05, 4.69) is 36.5 Å². The first-order valence-electron chi connectivity index (χ1n) is 6.59. The Morgan fingerprint density at radius 1 is 1.42 bits per heavy atom. The zero-order chi connectivity index (χ0) is 13.9. The van der Waals surface area contributed by atoms with Gasteiger partial charge in [0.1, 0.15) is 5.54 Å². The Morgan fingerprint density at radius 3 is 2.58 bits per heavy atom. The lowest BCUT2D eigenvalue weighted by Crippen LogP contribution is -2.53. The van der Waals surface area contributed by atoms with Crippen molar-refractivity contribution in [2.45, 2.75) is 43.2 Å². The van der Waals surface area contributed by atoms with Gasteiger partial charge in [0.15, 0.2) is 0 Å². The molecule has 0 aliphatic heterocycles. The predicted molar refractivity (Wildman–Crippen MR) is 78.5 cm³/mol. The van der Waals surface area contributed by atoms with Gasteiger partial charge in [-0.3, -0.25) is 10.1 Å². The lowest BCUT2D eigenvalue weighted by atomic mass is 10.1. The van der Waals surface area contributed by atoms with Crippen molar-refractivity contribution in [1.82, 2.24) is 5.32 Å². The number of rotatable bonds is 6. The van der Waals surface area contributed by atoms with Crippen LogP contribution >= 0.6 is 11.8 Å². The van der Waals surface area contributed by atoms with Gasteiger partial charge in [-0.15, -0.1) is 11.8 Å². The van der Waals surface area contributed by atoms with Crippen molar-refractivity contribution in [3.63, 3.8) is 0 Å². The zero-order valence-corrected chi connectivity index (χ0v) is 12.5. The molecule has 2 rings (SSSR count). The highest BCUT2D eigenvalue weighted by Gasteiger charge is 2.39. The van der Waals surface area contributed by atoms with Crippen LogP contribution < -0.4 is 5.32 Å². The first-order chi connectivity index (χ1) is 9.03. The Labute approximate surface area is 119 Å². The number of carbonyl (C=O) groups excluding carboxylic acids is 1. The molecule has 1 aromatic carbocycles. The van der Waals surface area contributed by atoms with Crippen molar-refractivity contribution in [3.05, 3.63) is 29.8 Å². The lowest BCUT2D eigenvalue weighted by Gasteiger charge is -2.27. The molecule has 0 bridgehead atoms. The molecule has 1 fully saturated rings. The maximum atomic E-state index is 12.0. The summed E-state index contributed by atoms with van der Waals surface area (Å²) in [6, 6.07) is 8.84. The molecular weight excluding hydrogens is 258 g/mol. The Hall–Kier alpha value is -1.00. The maximum absolute atomic E-state index is 12.0. The number of aryl methyl sites for hydroxylation is 1. The van der Waals surface area contributed by atoms with Gasteiger partial charge in [-0.2, -0.15) is 0 Å². The van der Waals surface area contributed by atoms with E-state index in [4.69, 9.17) is 4.74 Å². The molecule has 1 N–H and O–H groups in total. The number of hydrogen-bond acceptors (Lipinski definition) is 4. The number of esters is 1. The van der Waals surface area contributed by atoms with Gasteiger partial charge in [-0.25, -0.2) is 0 Å². The van der Waals surface area contributed by atoms with E-state index in [-0.39, 0.29) is 5.97 Å². The van der Waals surface area contributed by atoms with Crippen LogP contribution in [0, 0.1) is 6.92 Å². The van der Waals surface area contributed by atoms with Gasteiger partial charge in [-0.1, -0.05) is 17.7 Å². The van der Waals surface area contributed by atoms with Crippen molar-refractivity contribution in [1.29, 1.82) is 0 Å². The molecule has 1 unspecified atom stereocenters. The van der Waals surface area contributed by atoms with Gasteiger partial charge in [0.25, 0.3) is 0 Å². The Bertz CT molecular complexity index is 442. The summed E-state index contributed by atoms with van der Waals surface area (Å²) in [7, 11) is 1.45. The summed E-state index contributed by atoms with van der Waals surface area (Å²) < 4.78 is 4.94. The van der Waals surface area contributed by atoms with E-state index in [1.54, 1.807) is 11.8 Å². The van der Waals surface area contributed by atoms with Crippen LogP contribution in [0.3, 0.4) is 0 Å². The van der Waals surface area contributed by atoms with E-state index in [0.29, 0.717) is 11.8 Å². The largest absolute Gasteiger partial charge is 0.468 e.